The second-order valence-corrected chi connectivity index (χ2v) is 9.61. The van der Waals surface area contributed by atoms with E-state index in [1.165, 1.54) is 4.90 Å². The van der Waals surface area contributed by atoms with Gasteiger partial charge in [-0.2, -0.15) is 9.78 Å². The van der Waals surface area contributed by atoms with E-state index in [0.29, 0.717) is 25.1 Å². The minimum Gasteiger partial charge on any atom is -0.466 e. The van der Waals surface area contributed by atoms with Gasteiger partial charge in [-0.05, 0) is 69.4 Å². The number of carbonyl (C=O) groups excluding carboxylic acids is 2. The van der Waals surface area contributed by atoms with Crippen molar-refractivity contribution in [2.24, 2.45) is 5.92 Å². The van der Waals surface area contributed by atoms with Crippen LogP contribution in [0.1, 0.15) is 52.5 Å². The van der Waals surface area contributed by atoms with Crippen LogP contribution in [-0.4, -0.2) is 50.8 Å². The average Bonchev–Trinajstić information content (AvgIpc) is 2.86. The molecule has 0 aliphatic carbocycles. The van der Waals surface area contributed by atoms with E-state index in [0.717, 1.165) is 31.5 Å². The molecule has 1 aliphatic heterocycles. The van der Waals surface area contributed by atoms with Gasteiger partial charge in [-0.15, -0.1) is 0 Å². The number of benzene rings is 2. The Balaban J connectivity index is 1.82. The van der Waals surface area contributed by atoms with Crippen LogP contribution in [-0.2, 0) is 16.1 Å². The maximum atomic E-state index is 13.6. The van der Waals surface area contributed by atoms with Crippen molar-refractivity contribution < 1.29 is 14.3 Å². The largest absolute Gasteiger partial charge is 0.466 e. The summed E-state index contributed by atoms with van der Waals surface area (Å²) >= 11 is 0. The maximum absolute atomic E-state index is 13.6. The molecule has 194 valence electrons. The average molecular weight is 505 g/mol. The summed E-state index contributed by atoms with van der Waals surface area (Å²) in [5.74, 6) is -1.42. The number of hydrogen-bond donors (Lipinski definition) is 0. The zero-order valence-electron chi connectivity index (χ0n) is 21.7. The van der Waals surface area contributed by atoms with Crippen LogP contribution in [0.4, 0.5) is 0 Å². The third-order valence-corrected chi connectivity index (χ3v) is 6.47. The Labute approximate surface area is 215 Å². The topological polar surface area (TPSA) is 104 Å². The van der Waals surface area contributed by atoms with Crippen molar-refractivity contribution in [3.05, 3.63) is 91.3 Å². The number of nitrogens with zero attached hydrogens (tertiary/aromatic N) is 4. The van der Waals surface area contributed by atoms with Crippen molar-refractivity contribution in [3.8, 4) is 5.69 Å². The molecule has 0 saturated carbocycles. The van der Waals surface area contributed by atoms with Crippen molar-refractivity contribution in [3.63, 3.8) is 0 Å². The Hall–Kier alpha value is -4.01. The standard InChI is InChI=1S/C28H32N4O5/c1-5-37-27(35)22-10-7-11-30(17-22)25(33)24-26(34)31(16-21-9-6-8-18(2)13-21)28(36)32(29-24)23-14-19(3)12-20(4)15-23/h6,8-9,12-15,22H,5,7,10-11,16-17H2,1-4H3. The van der Waals surface area contributed by atoms with Gasteiger partial charge in [0.05, 0.1) is 24.8 Å². The molecule has 9 heteroatoms. The highest BCUT2D eigenvalue weighted by molar-refractivity contribution is 5.92. The second kappa shape index (κ2) is 10.9. The molecule has 1 atom stereocenters. The summed E-state index contributed by atoms with van der Waals surface area (Å²) in [5.41, 5.74) is 2.32. The molecular formula is C28H32N4O5. The SMILES string of the molecule is CCOC(=O)C1CCCN(C(=O)c2nn(-c3cc(C)cc(C)c3)c(=O)n(Cc3cccc(C)c3)c2=O)C1. The highest BCUT2D eigenvalue weighted by atomic mass is 16.5. The first-order valence-corrected chi connectivity index (χ1v) is 12.5. The second-order valence-electron chi connectivity index (χ2n) is 9.61. The van der Waals surface area contributed by atoms with Crippen molar-refractivity contribution in [1.29, 1.82) is 0 Å². The van der Waals surface area contributed by atoms with Crippen LogP contribution in [0.25, 0.3) is 5.69 Å². The van der Waals surface area contributed by atoms with Crippen LogP contribution in [0.15, 0.2) is 52.1 Å². The number of rotatable bonds is 6. The maximum Gasteiger partial charge on any atom is 0.352 e. The van der Waals surface area contributed by atoms with Crippen LogP contribution in [0.2, 0.25) is 0 Å². The number of aryl methyl sites for hydroxylation is 3. The van der Waals surface area contributed by atoms with Crippen LogP contribution < -0.4 is 11.2 Å². The fraction of sp³-hybridized carbons (Fsp3) is 0.393. The van der Waals surface area contributed by atoms with E-state index in [-0.39, 0.29) is 31.4 Å². The first kappa shape index (κ1) is 26.1. The number of piperidine rings is 1. The van der Waals surface area contributed by atoms with Gasteiger partial charge >= 0.3 is 11.7 Å². The lowest BCUT2D eigenvalue weighted by atomic mass is 9.98. The summed E-state index contributed by atoms with van der Waals surface area (Å²) in [6.07, 6.45) is 1.21. The molecule has 4 rings (SSSR count). The number of carbonyl (C=O) groups is 2. The Morgan fingerprint density at radius 3 is 2.43 bits per heavy atom. The number of aromatic nitrogens is 3. The van der Waals surface area contributed by atoms with Crippen molar-refractivity contribution in [2.75, 3.05) is 19.7 Å². The molecule has 37 heavy (non-hydrogen) atoms. The van der Waals surface area contributed by atoms with Gasteiger partial charge in [0.1, 0.15) is 0 Å². The van der Waals surface area contributed by atoms with Crippen LogP contribution in [0.3, 0.4) is 0 Å². The van der Waals surface area contributed by atoms with E-state index < -0.39 is 23.1 Å². The first-order valence-electron chi connectivity index (χ1n) is 12.5. The fourth-order valence-electron chi connectivity index (χ4n) is 4.79. The van der Waals surface area contributed by atoms with Crippen LogP contribution in [0.5, 0.6) is 0 Å². The van der Waals surface area contributed by atoms with Gasteiger partial charge in [-0.3, -0.25) is 19.0 Å². The fourth-order valence-corrected chi connectivity index (χ4v) is 4.79. The Bertz CT molecular complexity index is 1440. The summed E-state index contributed by atoms with van der Waals surface area (Å²) in [4.78, 5) is 54.5. The molecule has 2 aromatic carbocycles. The molecule has 1 fully saturated rings. The summed E-state index contributed by atoms with van der Waals surface area (Å²) < 4.78 is 7.32. The molecule has 0 spiro atoms. The lowest BCUT2D eigenvalue weighted by Gasteiger charge is -2.31. The molecule has 9 nitrogen and oxygen atoms in total. The molecule has 1 unspecified atom stereocenters. The third kappa shape index (κ3) is 5.71. The van der Waals surface area contributed by atoms with E-state index in [2.05, 4.69) is 5.10 Å². The van der Waals surface area contributed by atoms with Crippen molar-refractivity contribution >= 4 is 11.9 Å². The molecule has 1 amide bonds. The number of hydrogen-bond acceptors (Lipinski definition) is 6. The lowest BCUT2D eigenvalue weighted by Crippen LogP contribution is -2.49. The van der Waals surface area contributed by atoms with E-state index >= 15 is 0 Å². The van der Waals surface area contributed by atoms with E-state index in [1.807, 2.05) is 51.1 Å². The minimum absolute atomic E-state index is 0.00159. The zero-order valence-corrected chi connectivity index (χ0v) is 21.7. The van der Waals surface area contributed by atoms with E-state index in [4.69, 9.17) is 4.74 Å². The van der Waals surface area contributed by atoms with Crippen molar-refractivity contribution in [1.82, 2.24) is 19.2 Å². The third-order valence-electron chi connectivity index (χ3n) is 6.47. The molecular weight excluding hydrogens is 472 g/mol. The Kier molecular flexibility index (Phi) is 7.71. The summed E-state index contributed by atoms with van der Waals surface area (Å²) in [5, 5.41) is 4.29. The van der Waals surface area contributed by atoms with Gasteiger partial charge in [0.15, 0.2) is 0 Å². The molecule has 3 aromatic rings. The molecule has 1 aromatic heterocycles. The predicted molar refractivity (Wildman–Crippen MR) is 139 cm³/mol. The molecule has 0 radical (unpaired) electrons. The number of esters is 1. The van der Waals surface area contributed by atoms with Crippen molar-refractivity contribution in [2.45, 2.75) is 47.1 Å². The number of likely N-dealkylation sites (tertiary alicyclic amines) is 1. The monoisotopic (exact) mass is 504 g/mol. The van der Waals surface area contributed by atoms with Gasteiger partial charge < -0.3 is 9.64 Å². The molecule has 1 saturated heterocycles. The van der Waals surface area contributed by atoms with Gasteiger partial charge in [0.25, 0.3) is 11.5 Å². The Morgan fingerprint density at radius 1 is 1.03 bits per heavy atom. The number of amides is 1. The predicted octanol–water partition coefficient (Wildman–Crippen LogP) is 2.78. The molecule has 1 aliphatic rings. The molecule has 0 bridgehead atoms. The highest BCUT2D eigenvalue weighted by Gasteiger charge is 2.32. The lowest BCUT2D eigenvalue weighted by molar-refractivity contribution is -0.149. The summed E-state index contributed by atoms with van der Waals surface area (Å²) in [6.45, 7) is 8.25. The summed E-state index contributed by atoms with van der Waals surface area (Å²) in [7, 11) is 0. The molecule has 0 N–H and O–H groups in total. The van der Waals surface area contributed by atoms with Gasteiger partial charge in [-0.1, -0.05) is 35.9 Å². The van der Waals surface area contributed by atoms with Crippen LogP contribution in [0, 0.1) is 26.7 Å². The minimum atomic E-state index is -0.754. The van der Waals surface area contributed by atoms with E-state index in [9.17, 15) is 19.2 Å². The van der Waals surface area contributed by atoms with Gasteiger partial charge in [-0.25, -0.2) is 4.79 Å². The van der Waals surface area contributed by atoms with Gasteiger partial charge in [0, 0.05) is 13.1 Å². The van der Waals surface area contributed by atoms with E-state index in [1.54, 1.807) is 19.1 Å². The zero-order chi connectivity index (χ0) is 26.7. The number of ether oxygens (including phenoxy) is 1. The highest BCUT2D eigenvalue weighted by Crippen LogP contribution is 2.19. The van der Waals surface area contributed by atoms with Crippen LogP contribution >= 0.6 is 0 Å². The Morgan fingerprint density at radius 2 is 1.76 bits per heavy atom. The molecule has 2 heterocycles. The smallest absolute Gasteiger partial charge is 0.352 e. The quantitative estimate of drug-likeness (QED) is 0.478. The summed E-state index contributed by atoms with van der Waals surface area (Å²) in [6, 6.07) is 13.0. The normalized spacial score (nSPS) is 15.5. The first-order chi connectivity index (χ1) is 17.7. The van der Waals surface area contributed by atoms with Gasteiger partial charge in [0.2, 0.25) is 5.69 Å².